The smallest absolute Gasteiger partial charge is 0.114 e. The molecule has 1 fully saturated rings. The maximum absolute atomic E-state index is 9.49. The number of hydrogen-bond donors (Lipinski definition) is 0. The van der Waals surface area contributed by atoms with Crippen LogP contribution in [0.5, 0.6) is 0 Å². The van der Waals surface area contributed by atoms with Gasteiger partial charge in [-0.05, 0) is 68.9 Å². The van der Waals surface area contributed by atoms with E-state index < -0.39 is 0 Å². The van der Waals surface area contributed by atoms with Gasteiger partial charge in [0, 0.05) is 11.6 Å². The van der Waals surface area contributed by atoms with Crippen LogP contribution in [0.3, 0.4) is 0 Å². The molecule has 0 amide bonds. The van der Waals surface area contributed by atoms with E-state index >= 15 is 0 Å². The molecule has 1 aromatic heterocycles. The molecule has 2 rings (SSSR count). The summed E-state index contributed by atoms with van der Waals surface area (Å²) in [6, 6.07) is 4.22. The average molecular weight is 337 g/mol. The Morgan fingerprint density at radius 2 is 1.96 bits per heavy atom. The molecule has 134 valence electrons. The Morgan fingerprint density at radius 1 is 1.20 bits per heavy atom. The van der Waals surface area contributed by atoms with E-state index in [-0.39, 0.29) is 5.41 Å². The Balaban J connectivity index is 2.02. The molecule has 1 saturated carbocycles. The van der Waals surface area contributed by atoms with Gasteiger partial charge in [-0.3, -0.25) is 0 Å². The summed E-state index contributed by atoms with van der Waals surface area (Å²) < 4.78 is 0. The van der Waals surface area contributed by atoms with Crippen molar-refractivity contribution in [3.8, 4) is 17.9 Å². The monoisotopic (exact) mass is 336 g/mol. The molecule has 1 heterocycles. The van der Waals surface area contributed by atoms with Crippen LogP contribution < -0.4 is 0 Å². The highest BCUT2D eigenvalue weighted by Gasteiger charge is 2.28. The summed E-state index contributed by atoms with van der Waals surface area (Å²) in [6.07, 6.45) is 11.6. The van der Waals surface area contributed by atoms with E-state index in [2.05, 4.69) is 50.6 Å². The van der Waals surface area contributed by atoms with Crippen molar-refractivity contribution < 1.29 is 0 Å². The fourth-order valence-corrected chi connectivity index (χ4v) is 3.62. The van der Waals surface area contributed by atoms with Crippen molar-refractivity contribution in [1.82, 2.24) is 4.98 Å². The Bertz CT molecular complexity index is 664. The van der Waals surface area contributed by atoms with Gasteiger partial charge >= 0.3 is 0 Å². The SMILES string of the molecule is CCCCCC(C)(C)C#Cc1cc(C#N)c(CC2CC(CC)C2)cn1. The lowest BCUT2D eigenvalue weighted by Gasteiger charge is -2.34. The van der Waals surface area contributed by atoms with E-state index in [1.165, 1.54) is 38.5 Å². The molecular weight excluding hydrogens is 304 g/mol. The molecule has 1 aliphatic rings. The number of nitriles is 1. The fourth-order valence-electron chi connectivity index (χ4n) is 3.62. The Kier molecular flexibility index (Phi) is 7.07. The quantitative estimate of drug-likeness (QED) is 0.460. The molecule has 2 heteroatoms. The molecular formula is C23H32N2. The van der Waals surface area contributed by atoms with Crippen LogP contribution in [0.15, 0.2) is 12.3 Å². The summed E-state index contributed by atoms with van der Waals surface area (Å²) in [5.74, 6) is 8.18. The zero-order valence-corrected chi connectivity index (χ0v) is 16.4. The highest BCUT2D eigenvalue weighted by molar-refractivity contribution is 5.42. The number of aromatic nitrogens is 1. The third kappa shape index (κ3) is 5.89. The van der Waals surface area contributed by atoms with Crippen molar-refractivity contribution in [2.45, 2.75) is 79.1 Å². The lowest BCUT2D eigenvalue weighted by Crippen LogP contribution is -2.25. The topological polar surface area (TPSA) is 36.7 Å². The molecule has 1 aromatic rings. The van der Waals surface area contributed by atoms with E-state index in [1.54, 1.807) is 0 Å². The minimum absolute atomic E-state index is 0.00340. The van der Waals surface area contributed by atoms with Crippen LogP contribution in [-0.2, 0) is 6.42 Å². The van der Waals surface area contributed by atoms with Crippen molar-refractivity contribution in [2.75, 3.05) is 0 Å². The fraction of sp³-hybridized carbons (Fsp3) is 0.652. The summed E-state index contributed by atoms with van der Waals surface area (Å²) >= 11 is 0. The zero-order chi connectivity index (χ0) is 18.3. The minimum Gasteiger partial charge on any atom is -0.247 e. The normalized spacial score (nSPS) is 19.5. The molecule has 0 aliphatic heterocycles. The summed E-state index contributed by atoms with van der Waals surface area (Å²) in [5, 5.41) is 9.49. The molecule has 0 saturated heterocycles. The van der Waals surface area contributed by atoms with Crippen molar-refractivity contribution in [3.63, 3.8) is 0 Å². The maximum atomic E-state index is 9.49. The molecule has 0 unspecified atom stereocenters. The summed E-state index contributed by atoms with van der Waals surface area (Å²) in [6.45, 7) is 8.87. The largest absolute Gasteiger partial charge is 0.247 e. The first-order chi connectivity index (χ1) is 12.0. The van der Waals surface area contributed by atoms with Gasteiger partial charge in [0.05, 0.1) is 11.6 Å². The summed E-state index contributed by atoms with van der Waals surface area (Å²) in [5.41, 5.74) is 2.57. The van der Waals surface area contributed by atoms with E-state index in [0.29, 0.717) is 0 Å². The molecule has 2 nitrogen and oxygen atoms in total. The molecule has 0 N–H and O–H groups in total. The zero-order valence-electron chi connectivity index (χ0n) is 16.4. The van der Waals surface area contributed by atoms with Crippen LogP contribution in [-0.4, -0.2) is 4.98 Å². The molecule has 0 spiro atoms. The first kappa shape index (κ1) is 19.5. The van der Waals surface area contributed by atoms with Crippen LogP contribution in [0.4, 0.5) is 0 Å². The van der Waals surface area contributed by atoms with Crippen LogP contribution in [0, 0.1) is 40.4 Å². The van der Waals surface area contributed by atoms with E-state index in [1.807, 2.05) is 12.3 Å². The second kappa shape index (κ2) is 9.05. The standard InChI is InChI=1S/C23H32N2/c1-5-7-8-10-23(3,4)11-9-22-15-20(16-24)21(17-25-22)14-19-12-18(6-2)13-19/h15,17-19H,5-8,10,12-14H2,1-4H3. The van der Waals surface area contributed by atoms with Gasteiger partial charge in [0.2, 0.25) is 0 Å². The number of pyridine rings is 1. The lowest BCUT2D eigenvalue weighted by molar-refractivity contribution is 0.187. The van der Waals surface area contributed by atoms with Crippen molar-refractivity contribution >= 4 is 0 Å². The van der Waals surface area contributed by atoms with Crippen molar-refractivity contribution in [3.05, 3.63) is 29.1 Å². The minimum atomic E-state index is 0.00340. The first-order valence-corrected chi connectivity index (χ1v) is 9.89. The van der Waals surface area contributed by atoms with Crippen LogP contribution in [0.1, 0.15) is 89.5 Å². The van der Waals surface area contributed by atoms with E-state index in [0.717, 1.165) is 41.5 Å². The molecule has 0 radical (unpaired) electrons. The van der Waals surface area contributed by atoms with Crippen molar-refractivity contribution in [2.24, 2.45) is 17.3 Å². The predicted molar refractivity (Wildman–Crippen MR) is 104 cm³/mol. The van der Waals surface area contributed by atoms with Crippen molar-refractivity contribution in [1.29, 1.82) is 5.26 Å². The van der Waals surface area contributed by atoms with Crippen LogP contribution >= 0.6 is 0 Å². The molecule has 0 bridgehead atoms. The van der Waals surface area contributed by atoms with Gasteiger partial charge in [-0.25, -0.2) is 4.98 Å². The maximum Gasteiger partial charge on any atom is 0.114 e. The predicted octanol–water partition coefficient (Wildman–Crippen LogP) is 5.89. The van der Waals surface area contributed by atoms with Gasteiger partial charge in [-0.1, -0.05) is 45.5 Å². The van der Waals surface area contributed by atoms with Gasteiger partial charge in [0.1, 0.15) is 5.69 Å². The molecule has 25 heavy (non-hydrogen) atoms. The van der Waals surface area contributed by atoms with E-state index in [4.69, 9.17) is 0 Å². The number of unbranched alkanes of at least 4 members (excludes halogenated alkanes) is 2. The van der Waals surface area contributed by atoms with Gasteiger partial charge < -0.3 is 0 Å². The third-order valence-corrected chi connectivity index (χ3v) is 5.46. The number of nitrogens with zero attached hydrogens (tertiary/aromatic N) is 2. The molecule has 0 atom stereocenters. The van der Waals surface area contributed by atoms with Gasteiger partial charge in [0.15, 0.2) is 0 Å². The number of rotatable bonds is 7. The summed E-state index contributed by atoms with van der Waals surface area (Å²) in [4.78, 5) is 4.51. The Hall–Kier alpha value is -1.80. The average Bonchev–Trinajstić information content (AvgIpc) is 2.56. The third-order valence-electron chi connectivity index (χ3n) is 5.46. The summed E-state index contributed by atoms with van der Waals surface area (Å²) in [7, 11) is 0. The van der Waals surface area contributed by atoms with Crippen LogP contribution in [0.2, 0.25) is 0 Å². The van der Waals surface area contributed by atoms with E-state index in [9.17, 15) is 5.26 Å². The van der Waals surface area contributed by atoms with Gasteiger partial charge in [0.25, 0.3) is 0 Å². The molecule has 0 aromatic carbocycles. The number of hydrogen-bond acceptors (Lipinski definition) is 2. The van der Waals surface area contributed by atoms with Gasteiger partial charge in [-0.15, -0.1) is 0 Å². The second-order valence-electron chi connectivity index (χ2n) is 8.25. The Morgan fingerprint density at radius 3 is 2.60 bits per heavy atom. The second-order valence-corrected chi connectivity index (χ2v) is 8.25. The highest BCUT2D eigenvalue weighted by atomic mass is 14.7. The molecule has 1 aliphatic carbocycles. The Labute approximate surface area is 154 Å². The van der Waals surface area contributed by atoms with Crippen LogP contribution in [0.25, 0.3) is 0 Å². The lowest BCUT2D eigenvalue weighted by atomic mass is 9.71. The van der Waals surface area contributed by atoms with Gasteiger partial charge in [-0.2, -0.15) is 5.26 Å². The highest BCUT2D eigenvalue weighted by Crippen LogP contribution is 2.38. The first-order valence-electron chi connectivity index (χ1n) is 9.89.